The minimum atomic E-state index is -0.0257. The molecule has 110 valence electrons. The minimum Gasteiger partial charge on any atom is -0.378 e. The van der Waals surface area contributed by atoms with E-state index in [1.807, 2.05) is 18.2 Å². The number of nitrogens with zero attached hydrogens (tertiary/aromatic N) is 2. The van der Waals surface area contributed by atoms with Crippen LogP contribution in [0.1, 0.15) is 5.56 Å². The normalized spacial score (nSPS) is 21.5. The Morgan fingerprint density at radius 3 is 2.48 bits per heavy atom. The molecule has 2 aliphatic rings. The van der Waals surface area contributed by atoms with E-state index in [2.05, 4.69) is 17.0 Å². The van der Waals surface area contributed by atoms with Gasteiger partial charge in [-0.1, -0.05) is 36.1 Å². The fourth-order valence-electron chi connectivity index (χ4n) is 2.30. The Hall–Kier alpha value is -1.37. The first-order chi connectivity index (χ1) is 10.1. The van der Waals surface area contributed by atoms with Crippen molar-refractivity contribution in [3.05, 3.63) is 34.7 Å². The molecular formula is C15H16N2O2S2. The largest absolute Gasteiger partial charge is 0.378 e. The molecule has 3 rings (SSSR count). The SMILES string of the molecule is CN1C(=O)/C(=C/c2ccc(N3CCOCC3)cc2)SC1=S. The molecule has 0 N–H and O–H groups in total. The van der Waals surface area contributed by atoms with Crippen LogP contribution in [0.4, 0.5) is 5.69 Å². The highest BCUT2D eigenvalue weighted by molar-refractivity contribution is 8.26. The summed E-state index contributed by atoms with van der Waals surface area (Å²) in [5, 5.41) is 0. The van der Waals surface area contributed by atoms with Gasteiger partial charge in [-0.25, -0.2) is 0 Å². The number of hydrogen-bond donors (Lipinski definition) is 0. The van der Waals surface area contributed by atoms with Gasteiger partial charge < -0.3 is 9.64 Å². The summed E-state index contributed by atoms with van der Waals surface area (Å²) in [6.07, 6.45) is 1.89. The number of likely N-dealkylation sites (N-methyl/N-ethyl adjacent to an activating group) is 1. The predicted molar refractivity (Wildman–Crippen MR) is 90.4 cm³/mol. The lowest BCUT2D eigenvalue weighted by Gasteiger charge is -2.28. The first kappa shape index (κ1) is 14.6. The van der Waals surface area contributed by atoms with E-state index < -0.39 is 0 Å². The number of thioether (sulfide) groups is 1. The molecule has 0 bridgehead atoms. The maximum Gasteiger partial charge on any atom is 0.265 e. The summed E-state index contributed by atoms with van der Waals surface area (Å²) in [4.78, 5) is 16.5. The van der Waals surface area contributed by atoms with Gasteiger partial charge in [0.15, 0.2) is 0 Å². The van der Waals surface area contributed by atoms with Crippen molar-refractivity contribution < 1.29 is 9.53 Å². The van der Waals surface area contributed by atoms with Gasteiger partial charge in [0.05, 0.1) is 18.1 Å². The van der Waals surface area contributed by atoms with E-state index in [0.717, 1.165) is 31.9 Å². The zero-order chi connectivity index (χ0) is 14.8. The molecule has 0 aliphatic carbocycles. The van der Waals surface area contributed by atoms with E-state index in [9.17, 15) is 4.79 Å². The highest BCUT2D eigenvalue weighted by atomic mass is 32.2. The molecule has 0 spiro atoms. The monoisotopic (exact) mass is 320 g/mol. The first-order valence-corrected chi connectivity index (χ1v) is 8.02. The number of thiocarbonyl (C=S) groups is 1. The van der Waals surface area contributed by atoms with Crippen molar-refractivity contribution in [1.29, 1.82) is 0 Å². The highest BCUT2D eigenvalue weighted by Gasteiger charge is 2.28. The number of hydrogen-bond acceptors (Lipinski definition) is 5. The van der Waals surface area contributed by atoms with Crippen molar-refractivity contribution in [2.24, 2.45) is 0 Å². The third kappa shape index (κ3) is 3.12. The van der Waals surface area contributed by atoms with Crippen molar-refractivity contribution in [2.45, 2.75) is 0 Å². The molecule has 0 radical (unpaired) electrons. The smallest absolute Gasteiger partial charge is 0.265 e. The van der Waals surface area contributed by atoms with E-state index in [4.69, 9.17) is 17.0 Å². The van der Waals surface area contributed by atoms with Crippen molar-refractivity contribution in [1.82, 2.24) is 4.90 Å². The van der Waals surface area contributed by atoms with Gasteiger partial charge in [0.1, 0.15) is 4.32 Å². The van der Waals surface area contributed by atoms with E-state index >= 15 is 0 Å². The van der Waals surface area contributed by atoms with Gasteiger partial charge in [0.25, 0.3) is 5.91 Å². The topological polar surface area (TPSA) is 32.8 Å². The van der Waals surface area contributed by atoms with E-state index in [0.29, 0.717) is 9.23 Å². The van der Waals surface area contributed by atoms with Gasteiger partial charge in [-0.3, -0.25) is 9.69 Å². The van der Waals surface area contributed by atoms with E-state index in [1.165, 1.54) is 22.3 Å². The lowest BCUT2D eigenvalue weighted by molar-refractivity contribution is -0.121. The summed E-state index contributed by atoms with van der Waals surface area (Å²) in [5.74, 6) is -0.0257. The Balaban J connectivity index is 1.75. The molecule has 0 unspecified atom stereocenters. The van der Waals surface area contributed by atoms with Crippen molar-refractivity contribution in [2.75, 3.05) is 38.3 Å². The number of benzene rings is 1. The fraction of sp³-hybridized carbons (Fsp3) is 0.333. The molecule has 4 nitrogen and oxygen atoms in total. The number of morpholine rings is 1. The molecular weight excluding hydrogens is 304 g/mol. The average Bonchev–Trinajstić information content (AvgIpc) is 2.76. The van der Waals surface area contributed by atoms with Crippen LogP contribution in [0.2, 0.25) is 0 Å². The fourth-order valence-corrected chi connectivity index (χ4v) is 3.48. The Kier molecular flexibility index (Phi) is 4.28. The van der Waals surface area contributed by atoms with Crippen molar-refractivity contribution >= 4 is 46.0 Å². The van der Waals surface area contributed by atoms with Gasteiger partial charge in [-0.2, -0.15) is 0 Å². The zero-order valence-electron chi connectivity index (χ0n) is 11.7. The van der Waals surface area contributed by atoms with Crippen LogP contribution in [0.5, 0.6) is 0 Å². The summed E-state index contributed by atoms with van der Waals surface area (Å²) in [6.45, 7) is 3.41. The standard InChI is InChI=1S/C15H16N2O2S2/c1-16-14(18)13(21-15(16)20)10-11-2-4-12(5-3-11)17-6-8-19-9-7-17/h2-5,10H,6-9H2,1H3/b13-10-. The van der Waals surface area contributed by atoms with Crippen molar-refractivity contribution in [3.8, 4) is 0 Å². The Bertz CT molecular complexity index is 592. The summed E-state index contributed by atoms with van der Waals surface area (Å²) >= 11 is 6.48. The third-order valence-electron chi connectivity index (χ3n) is 3.55. The summed E-state index contributed by atoms with van der Waals surface area (Å²) in [5.41, 5.74) is 2.21. The molecule has 1 aromatic rings. The molecule has 1 aromatic carbocycles. The second kappa shape index (κ2) is 6.17. The van der Waals surface area contributed by atoms with Crippen molar-refractivity contribution in [3.63, 3.8) is 0 Å². The minimum absolute atomic E-state index is 0.0257. The Labute approximate surface area is 133 Å². The number of carbonyl (C=O) groups is 1. The number of ether oxygens (including phenoxy) is 1. The average molecular weight is 320 g/mol. The Morgan fingerprint density at radius 1 is 1.24 bits per heavy atom. The van der Waals surface area contributed by atoms with Crippen LogP contribution < -0.4 is 4.90 Å². The molecule has 1 amide bonds. The molecule has 21 heavy (non-hydrogen) atoms. The van der Waals surface area contributed by atoms with Crippen LogP contribution in [0.25, 0.3) is 6.08 Å². The molecule has 2 saturated heterocycles. The van der Waals surface area contributed by atoms with Crippen LogP contribution in [-0.2, 0) is 9.53 Å². The van der Waals surface area contributed by atoms with Gasteiger partial charge in [0.2, 0.25) is 0 Å². The summed E-state index contributed by atoms with van der Waals surface area (Å²) in [7, 11) is 1.71. The zero-order valence-corrected chi connectivity index (χ0v) is 13.4. The maximum absolute atomic E-state index is 12.0. The number of anilines is 1. The van der Waals surface area contributed by atoms with Crippen LogP contribution >= 0.6 is 24.0 Å². The molecule has 2 heterocycles. The predicted octanol–water partition coefficient (Wildman–Crippen LogP) is 2.35. The van der Waals surface area contributed by atoms with Gasteiger partial charge in [-0.15, -0.1) is 0 Å². The molecule has 0 atom stereocenters. The van der Waals surface area contributed by atoms with Crippen LogP contribution in [0.3, 0.4) is 0 Å². The van der Waals surface area contributed by atoms with Gasteiger partial charge in [0, 0.05) is 25.8 Å². The van der Waals surface area contributed by atoms with Crippen LogP contribution in [0.15, 0.2) is 29.2 Å². The highest BCUT2D eigenvalue weighted by Crippen LogP contribution is 2.31. The summed E-state index contributed by atoms with van der Waals surface area (Å²) < 4.78 is 5.96. The van der Waals surface area contributed by atoms with E-state index in [1.54, 1.807) is 7.05 Å². The maximum atomic E-state index is 12.0. The molecule has 0 saturated carbocycles. The lowest BCUT2D eigenvalue weighted by atomic mass is 10.1. The molecule has 6 heteroatoms. The van der Waals surface area contributed by atoms with E-state index in [-0.39, 0.29) is 5.91 Å². The third-order valence-corrected chi connectivity index (χ3v) is 5.04. The quantitative estimate of drug-likeness (QED) is 0.617. The molecule has 0 aromatic heterocycles. The number of rotatable bonds is 2. The number of carbonyl (C=O) groups excluding carboxylic acids is 1. The second-order valence-electron chi connectivity index (χ2n) is 4.93. The Morgan fingerprint density at radius 2 is 1.90 bits per heavy atom. The van der Waals surface area contributed by atoms with Crippen LogP contribution in [0, 0.1) is 0 Å². The van der Waals surface area contributed by atoms with Gasteiger partial charge >= 0.3 is 0 Å². The summed E-state index contributed by atoms with van der Waals surface area (Å²) in [6, 6.07) is 8.24. The van der Waals surface area contributed by atoms with Crippen LogP contribution in [-0.4, -0.2) is 48.5 Å². The lowest BCUT2D eigenvalue weighted by Crippen LogP contribution is -2.36. The second-order valence-corrected chi connectivity index (χ2v) is 6.61. The first-order valence-electron chi connectivity index (χ1n) is 6.79. The number of amides is 1. The van der Waals surface area contributed by atoms with Gasteiger partial charge in [-0.05, 0) is 23.8 Å². The molecule has 2 aliphatic heterocycles. The molecule has 2 fully saturated rings.